The van der Waals surface area contributed by atoms with E-state index in [-0.39, 0.29) is 36.5 Å². The van der Waals surface area contributed by atoms with Crippen LogP contribution in [0.5, 0.6) is 5.88 Å². The summed E-state index contributed by atoms with van der Waals surface area (Å²) in [7, 11) is 0. The molecule has 0 unspecified atom stereocenters. The molecule has 32 heavy (non-hydrogen) atoms. The minimum absolute atomic E-state index is 0.0563. The van der Waals surface area contributed by atoms with Gasteiger partial charge in [0.25, 0.3) is 0 Å². The van der Waals surface area contributed by atoms with Crippen LogP contribution in [0.2, 0.25) is 0 Å². The summed E-state index contributed by atoms with van der Waals surface area (Å²) in [6.07, 6.45) is 9.44. The Hall–Kier alpha value is -1.85. The van der Waals surface area contributed by atoms with Crippen molar-refractivity contribution in [2.24, 2.45) is 0 Å². The predicted molar refractivity (Wildman–Crippen MR) is 122 cm³/mol. The summed E-state index contributed by atoms with van der Waals surface area (Å²) >= 11 is 3.34. The lowest BCUT2D eigenvalue weighted by atomic mass is 9.93. The maximum absolute atomic E-state index is 12.6. The standard InChI is InChI=1S/C24H32BrN3O4/c1-24(2,3)32-23(29)28-17-4-5-18(28)12-21(11-17)30-19-6-8-20(9-7-19)31-22-15(13-26)10-16(25)14-27-22/h10,14,17-21H,4-9,11-12H2,1-3H3/t17-,18-,19?,20?/m0/s1. The molecule has 174 valence electrons. The Bertz CT molecular complexity index is 859. The van der Waals surface area contributed by atoms with Crippen molar-refractivity contribution in [1.29, 1.82) is 5.26 Å². The molecule has 1 amide bonds. The minimum atomic E-state index is -0.468. The highest BCUT2D eigenvalue weighted by Gasteiger charge is 2.45. The smallest absolute Gasteiger partial charge is 0.410 e. The zero-order chi connectivity index (χ0) is 22.9. The summed E-state index contributed by atoms with van der Waals surface area (Å²) in [6.45, 7) is 5.74. The van der Waals surface area contributed by atoms with Gasteiger partial charge >= 0.3 is 6.09 Å². The maximum atomic E-state index is 12.6. The molecule has 1 aliphatic carbocycles. The number of amides is 1. The van der Waals surface area contributed by atoms with Crippen LogP contribution in [-0.2, 0) is 9.47 Å². The van der Waals surface area contributed by atoms with Gasteiger partial charge in [-0.25, -0.2) is 9.78 Å². The van der Waals surface area contributed by atoms with Crippen molar-refractivity contribution < 1.29 is 19.0 Å². The van der Waals surface area contributed by atoms with E-state index >= 15 is 0 Å². The highest BCUT2D eigenvalue weighted by molar-refractivity contribution is 9.10. The van der Waals surface area contributed by atoms with E-state index in [9.17, 15) is 10.1 Å². The first kappa shape index (κ1) is 23.3. The van der Waals surface area contributed by atoms with Crippen LogP contribution in [0.25, 0.3) is 0 Å². The molecule has 1 aromatic rings. The van der Waals surface area contributed by atoms with E-state index in [2.05, 4.69) is 27.0 Å². The van der Waals surface area contributed by atoms with Crippen LogP contribution in [0, 0.1) is 11.3 Å². The van der Waals surface area contributed by atoms with Gasteiger partial charge in [-0.2, -0.15) is 5.26 Å². The van der Waals surface area contributed by atoms with Gasteiger partial charge in [0.05, 0.1) is 12.2 Å². The van der Waals surface area contributed by atoms with Crippen LogP contribution >= 0.6 is 15.9 Å². The topological polar surface area (TPSA) is 84.7 Å². The molecule has 0 N–H and O–H groups in total. The van der Waals surface area contributed by atoms with Crippen molar-refractivity contribution in [1.82, 2.24) is 9.88 Å². The van der Waals surface area contributed by atoms with Crippen molar-refractivity contribution in [3.63, 3.8) is 0 Å². The number of carbonyl (C=O) groups excluding carboxylic acids is 1. The van der Waals surface area contributed by atoms with Crippen LogP contribution in [-0.4, -0.2) is 52.0 Å². The Morgan fingerprint density at radius 1 is 1.09 bits per heavy atom. The summed E-state index contributed by atoms with van der Waals surface area (Å²) in [5.41, 5.74) is -0.0189. The number of nitrogens with zero attached hydrogens (tertiary/aromatic N) is 3. The number of nitriles is 1. The molecular weight excluding hydrogens is 474 g/mol. The summed E-state index contributed by atoms with van der Waals surface area (Å²) in [4.78, 5) is 18.9. The van der Waals surface area contributed by atoms with Crippen LogP contribution in [0.15, 0.2) is 16.7 Å². The summed E-state index contributed by atoms with van der Waals surface area (Å²) in [6, 6.07) is 4.33. The van der Waals surface area contributed by atoms with Crippen LogP contribution in [0.3, 0.4) is 0 Å². The molecule has 3 heterocycles. The van der Waals surface area contributed by atoms with E-state index in [0.717, 1.165) is 55.8 Å². The third kappa shape index (κ3) is 5.55. The molecular formula is C24H32BrN3O4. The molecule has 0 spiro atoms. The summed E-state index contributed by atoms with van der Waals surface area (Å²) in [5, 5.41) is 9.31. The fourth-order valence-electron chi connectivity index (χ4n) is 5.17. The first-order valence-corrected chi connectivity index (χ1v) is 12.4. The molecule has 3 aliphatic rings. The Morgan fingerprint density at radius 3 is 2.31 bits per heavy atom. The van der Waals surface area contributed by atoms with E-state index in [1.54, 1.807) is 12.3 Å². The van der Waals surface area contributed by atoms with Crippen molar-refractivity contribution in [2.45, 2.75) is 108 Å². The summed E-state index contributed by atoms with van der Waals surface area (Å²) in [5.74, 6) is 0.408. The fraction of sp³-hybridized carbons (Fsp3) is 0.708. The van der Waals surface area contributed by atoms with Gasteiger partial charge in [-0.3, -0.25) is 0 Å². The third-order valence-corrected chi connectivity index (χ3v) is 6.95. The number of halogens is 1. The lowest BCUT2D eigenvalue weighted by molar-refractivity contribution is -0.0814. The third-order valence-electron chi connectivity index (χ3n) is 6.52. The molecule has 3 fully saturated rings. The molecule has 1 aromatic heterocycles. The number of pyridine rings is 1. The van der Waals surface area contributed by atoms with E-state index in [1.807, 2.05) is 25.7 Å². The number of hydrogen-bond donors (Lipinski definition) is 0. The Kier molecular flexibility index (Phi) is 6.97. The molecule has 2 bridgehead atoms. The number of fused-ring (bicyclic) bond motifs is 2. The normalized spacial score (nSPS) is 30.0. The van der Waals surface area contributed by atoms with Crippen molar-refractivity contribution >= 4 is 22.0 Å². The predicted octanol–water partition coefficient (Wildman–Crippen LogP) is 5.35. The van der Waals surface area contributed by atoms with Crippen LogP contribution < -0.4 is 4.74 Å². The first-order chi connectivity index (χ1) is 15.2. The monoisotopic (exact) mass is 505 g/mol. The van der Waals surface area contributed by atoms with Gasteiger partial charge in [0, 0.05) is 22.8 Å². The molecule has 7 nitrogen and oxygen atoms in total. The zero-order valence-corrected chi connectivity index (χ0v) is 20.6. The van der Waals surface area contributed by atoms with E-state index in [4.69, 9.17) is 14.2 Å². The highest BCUT2D eigenvalue weighted by Crippen LogP contribution is 2.39. The Balaban J connectivity index is 1.25. The average Bonchev–Trinajstić information content (AvgIpc) is 3.00. The van der Waals surface area contributed by atoms with Gasteiger partial charge in [0.15, 0.2) is 0 Å². The van der Waals surface area contributed by atoms with Crippen molar-refractivity contribution in [3.8, 4) is 11.9 Å². The second kappa shape index (κ2) is 9.56. The van der Waals surface area contributed by atoms with Crippen molar-refractivity contribution in [3.05, 3.63) is 22.3 Å². The number of carbonyl (C=O) groups is 1. The SMILES string of the molecule is CC(C)(C)OC(=O)N1[C@H]2CC[C@H]1CC(OC1CCC(Oc3ncc(Br)cc3C#N)CC1)C2. The van der Waals surface area contributed by atoms with Gasteiger partial charge in [-0.05, 0) is 94.1 Å². The van der Waals surface area contributed by atoms with Gasteiger partial charge in [0.1, 0.15) is 23.3 Å². The number of aromatic nitrogens is 1. The fourth-order valence-corrected chi connectivity index (χ4v) is 5.50. The molecule has 2 aliphatic heterocycles. The molecule has 1 saturated carbocycles. The minimum Gasteiger partial charge on any atom is -0.473 e. The number of ether oxygens (including phenoxy) is 3. The second-order valence-electron chi connectivity index (χ2n) is 10.1. The van der Waals surface area contributed by atoms with Crippen LogP contribution in [0.1, 0.15) is 77.7 Å². The van der Waals surface area contributed by atoms with Gasteiger partial charge in [-0.15, -0.1) is 0 Å². The zero-order valence-electron chi connectivity index (χ0n) is 19.1. The molecule has 4 rings (SSSR count). The van der Waals surface area contributed by atoms with Gasteiger partial charge in [0.2, 0.25) is 5.88 Å². The quantitative estimate of drug-likeness (QED) is 0.547. The lowest BCUT2D eigenvalue weighted by Gasteiger charge is -2.41. The number of rotatable bonds is 4. The number of piperidine rings is 1. The first-order valence-electron chi connectivity index (χ1n) is 11.6. The number of hydrogen-bond acceptors (Lipinski definition) is 6. The lowest BCUT2D eigenvalue weighted by Crippen LogP contribution is -2.50. The largest absolute Gasteiger partial charge is 0.473 e. The maximum Gasteiger partial charge on any atom is 0.410 e. The van der Waals surface area contributed by atoms with E-state index in [1.165, 1.54) is 0 Å². The van der Waals surface area contributed by atoms with Gasteiger partial charge < -0.3 is 19.1 Å². The van der Waals surface area contributed by atoms with Crippen molar-refractivity contribution in [2.75, 3.05) is 0 Å². The highest BCUT2D eigenvalue weighted by atomic mass is 79.9. The van der Waals surface area contributed by atoms with E-state index < -0.39 is 5.60 Å². The molecule has 2 atom stereocenters. The molecule has 2 saturated heterocycles. The van der Waals surface area contributed by atoms with E-state index in [0.29, 0.717) is 11.4 Å². The molecule has 0 aromatic carbocycles. The van der Waals surface area contributed by atoms with Crippen LogP contribution in [0.4, 0.5) is 4.79 Å². The van der Waals surface area contributed by atoms with Gasteiger partial charge in [-0.1, -0.05) is 0 Å². The Morgan fingerprint density at radius 2 is 1.72 bits per heavy atom. The molecule has 8 heteroatoms. The summed E-state index contributed by atoms with van der Waals surface area (Å²) < 4.78 is 18.9. The molecule has 0 radical (unpaired) electrons. The second-order valence-corrected chi connectivity index (χ2v) is 11.1. The Labute approximate surface area is 198 Å². The average molecular weight is 506 g/mol.